The van der Waals surface area contributed by atoms with Crippen LogP contribution < -0.4 is 16.4 Å². The van der Waals surface area contributed by atoms with Gasteiger partial charge in [-0.05, 0) is 37.6 Å². The van der Waals surface area contributed by atoms with E-state index in [2.05, 4.69) is 10.6 Å². The summed E-state index contributed by atoms with van der Waals surface area (Å²) in [5.41, 5.74) is 6.53. The fraction of sp³-hybridized carbons (Fsp3) is 0.462. The topological polar surface area (TPSA) is 67.2 Å². The molecule has 0 saturated carbocycles. The summed E-state index contributed by atoms with van der Waals surface area (Å²) in [5.74, 6) is -0.439. The molecule has 5 heteroatoms. The van der Waals surface area contributed by atoms with Gasteiger partial charge in [-0.3, -0.25) is 4.79 Å². The SMILES string of the molecule is NC(=O)c1ccc(Cl)cc1NCC1CCCCN1. The Balaban J connectivity index is 2.03. The lowest BCUT2D eigenvalue weighted by atomic mass is 10.0. The molecule has 1 aromatic rings. The molecule has 1 fully saturated rings. The second kappa shape index (κ2) is 6.07. The number of benzene rings is 1. The van der Waals surface area contributed by atoms with Crippen molar-refractivity contribution in [3.05, 3.63) is 28.8 Å². The Bertz CT molecular complexity index is 430. The Kier molecular flexibility index (Phi) is 4.44. The van der Waals surface area contributed by atoms with Crippen LogP contribution in [0.25, 0.3) is 0 Å². The van der Waals surface area contributed by atoms with Crippen molar-refractivity contribution in [1.82, 2.24) is 5.32 Å². The summed E-state index contributed by atoms with van der Waals surface area (Å²) in [4.78, 5) is 11.3. The van der Waals surface area contributed by atoms with Gasteiger partial charge in [0.05, 0.1) is 5.56 Å². The first-order chi connectivity index (χ1) is 8.66. The molecule has 18 heavy (non-hydrogen) atoms. The van der Waals surface area contributed by atoms with E-state index in [1.165, 1.54) is 12.8 Å². The molecule has 98 valence electrons. The molecule has 4 N–H and O–H groups in total. The molecule has 4 nitrogen and oxygen atoms in total. The summed E-state index contributed by atoms with van der Waals surface area (Å²) >= 11 is 5.94. The predicted octanol–water partition coefficient (Wildman–Crippen LogP) is 1.99. The van der Waals surface area contributed by atoms with Crippen molar-refractivity contribution < 1.29 is 4.79 Å². The molecule has 1 aliphatic heterocycles. The molecule has 0 aliphatic carbocycles. The zero-order valence-corrected chi connectivity index (χ0v) is 11.0. The van der Waals surface area contributed by atoms with E-state index in [1.807, 2.05) is 0 Å². The molecular formula is C13H18ClN3O. The molecule has 0 spiro atoms. The molecule has 0 bridgehead atoms. The van der Waals surface area contributed by atoms with E-state index in [9.17, 15) is 4.79 Å². The van der Waals surface area contributed by atoms with Crippen molar-refractivity contribution in [2.24, 2.45) is 5.73 Å². The molecule has 1 atom stereocenters. The van der Waals surface area contributed by atoms with Gasteiger partial charge in [0.25, 0.3) is 5.91 Å². The average molecular weight is 268 g/mol. The predicted molar refractivity (Wildman–Crippen MR) is 74.1 cm³/mol. The van der Waals surface area contributed by atoms with Gasteiger partial charge in [-0.1, -0.05) is 18.0 Å². The number of halogens is 1. The lowest BCUT2D eigenvalue weighted by Crippen LogP contribution is -2.39. The minimum Gasteiger partial charge on any atom is -0.383 e. The smallest absolute Gasteiger partial charge is 0.250 e. The van der Waals surface area contributed by atoms with E-state index in [0.29, 0.717) is 22.3 Å². The highest BCUT2D eigenvalue weighted by molar-refractivity contribution is 6.31. The number of rotatable bonds is 4. The standard InChI is InChI=1S/C13H18ClN3O/c14-9-4-5-11(13(15)18)12(7-9)17-8-10-3-1-2-6-16-10/h4-5,7,10,16-17H,1-3,6,8H2,(H2,15,18). The molecule has 1 aromatic carbocycles. The van der Waals surface area contributed by atoms with Crippen LogP contribution in [-0.2, 0) is 0 Å². The average Bonchev–Trinajstić information content (AvgIpc) is 2.37. The van der Waals surface area contributed by atoms with Crippen molar-refractivity contribution in [1.29, 1.82) is 0 Å². The molecule has 1 aliphatic rings. The van der Waals surface area contributed by atoms with Gasteiger partial charge >= 0.3 is 0 Å². The highest BCUT2D eigenvalue weighted by Gasteiger charge is 2.14. The summed E-state index contributed by atoms with van der Waals surface area (Å²) in [6.07, 6.45) is 3.64. The number of primary amides is 1. The molecule has 1 amide bonds. The van der Waals surface area contributed by atoms with Crippen LogP contribution >= 0.6 is 11.6 Å². The van der Waals surface area contributed by atoms with Gasteiger partial charge in [0, 0.05) is 23.3 Å². The normalized spacial score (nSPS) is 19.5. The Morgan fingerprint density at radius 2 is 2.33 bits per heavy atom. The third-order valence-corrected chi connectivity index (χ3v) is 3.43. The van der Waals surface area contributed by atoms with Crippen LogP contribution in [0, 0.1) is 0 Å². The number of hydrogen-bond acceptors (Lipinski definition) is 3. The molecule has 1 unspecified atom stereocenters. The van der Waals surface area contributed by atoms with E-state index in [4.69, 9.17) is 17.3 Å². The van der Waals surface area contributed by atoms with Gasteiger partial charge in [-0.15, -0.1) is 0 Å². The third kappa shape index (κ3) is 3.37. The van der Waals surface area contributed by atoms with Crippen molar-refractivity contribution in [2.45, 2.75) is 25.3 Å². The highest BCUT2D eigenvalue weighted by atomic mass is 35.5. The van der Waals surface area contributed by atoms with Crippen LogP contribution in [-0.4, -0.2) is 25.0 Å². The lowest BCUT2D eigenvalue weighted by molar-refractivity contribution is 0.100. The Morgan fingerprint density at radius 1 is 1.50 bits per heavy atom. The van der Waals surface area contributed by atoms with Gasteiger partial charge in [0.15, 0.2) is 0 Å². The maximum Gasteiger partial charge on any atom is 0.250 e. The van der Waals surface area contributed by atoms with Crippen LogP contribution in [0.2, 0.25) is 5.02 Å². The van der Waals surface area contributed by atoms with Gasteiger partial charge < -0.3 is 16.4 Å². The number of nitrogens with two attached hydrogens (primary N) is 1. The zero-order valence-electron chi connectivity index (χ0n) is 10.2. The van der Waals surface area contributed by atoms with Gasteiger partial charge in [0.2, 0.25) is 0 Å². The second-order valence-electron chi connectivity index (χ2n) is 4.58. The van der Waals surface area contributed by atoms with E-state index in [-0.39, 0.29) is 0 Å². The molecule has 1 saturated heterocycles. The molecular weight excluding hydrogens is 250 g/mol. The van der Waals surface area contributed by atoms with Crippen LogP contribution in [0.5, 0.6) is 0 Å². The van der Waals surface area contributed by atoms with E-state index >= 15 is 0 Å². The molecule has 1 heterocycles. The lowest BCUT2D eigenvalue weighted by Gasteiger charge is -2.24. The zero-order chi connectivity index (χ0) is 13.0. The Morgan fingerprint density at radius 3 is 3.00 bits per heavy atom. The number of nitrogens with one attached hydrogen (secondary N) is 2. The molecule has 0 aromatic heterocycles. The van der Waals surface area contributed by atoms with Crippen molar-refractivity contribution >= 4 is 23.2 Å². The molecule has 2 rings (SSSR count). The van der Waals surface area contributed by atoms with E-state index < -0.39 is 5.91 Å². The fourth-order valence-electron chi connectivity index (χ4n) is 2.21. The number of carbonyl (C=O) groups is 1. The maximum atomic E-state index is 11.3. The summed E-state index contributed by atoms with van der Waals surface area (Å²) in [7, 11) is 0. The van der Waals surface area contributed by atoms with Crippen molar-refractivity contribution in [2.75, 3.05) is 18.4 Å². The highest BCUT2D eigenvalue weighted by Crippen LogP contribution is 2.21. The summed E-state index contributed by atoms with van der Waals surface area (Å²) < 4.78 is 0. The Hall–Kier alpha value is -1.26. The van der Waals surface area contributed by atoms with E-state index in [1.54, 1.807) is 18.2 Å². The van der Waals surface area contributed by atoms with Crippen LogP contribution in [0.3, 0.4) is 0 Å². The van der Waals surface area contributed by atoms with E-state index in [0.717, 1.165) is 19.5 Å². The van der Waals surface area contributed by atoms with Crippen LogP contribution in [0.15, 0.2) is 18.2 Å². The fourth-order valence-corrected chi connectivity index (χ4v) is 2.38. The number of carbonyl (C=O) groups excluding carboxylic acids is 1. The van der Waals surface area contributed by atoms with Gasteiger partial charge in [-0.25, -0.2) is 0 Å². The van der Waals surface area contributed by atoms with Crippen molar-refractivity contribution in [3.8, 4) is 0 Å². The minimum absolute atomic E-state index is 0.439. The first-order valence-corrected chi connectivity index (χ1v) is 6.61. The monoisotopic (exact) mass is 267 g/mol. The van der Waals surface area contributed by atoms with Crippen LogP contribution in [0.1, 0.15) is 29.6 Å². The molecule has 0 radical (unpaired) electrons. The van der Waals surface area contributed by atoms with Crippen molar-refractivity contribution in [3.63, 3.8) is 0 Å². The summed E-state index contributed by atoms with van der Waals surface area (Å²) in [6, 6.07) is 5.51. The second-order valence-corrected chi connectivity index (χ2v) is 5.02. The number of anilines is 1. The number of amides is 1. The van der Waals surface area contributed by atoms with Gasteiger partial charge in [0.1, 0.15) is 0 Å². The number of piperidine rings is 1. The largest absolute Gasteiger partial charge is 0.383 e. The van der Waals surface area contributed by atoms with Gasteiger partial charge in [-0.2, -0.15) is 0 Å². The summed E-state index contributed by atoms with van der Waals surface area (Å²) in [6.45, 7) is 1.84. The number of hydrogen-bond donors (Lipinski definition) is 3. The first kappa shape index (κ1) is 13.2. The van der Waals surface area contributed by atoms with Crippen LogP contribution in [0.4, 0.5) is 5.69 Å². The first-order valence-electron chi connectivity index (χ1n) is 6.23. The Labute approximate surface area is 112 Å². The quantitative estimate of drug-likeness (QED) is 0.782. The minimum atomic E-state index is -0.439. The maximum absolute atomic E-state index is 11.3. The third-order valence-electron chi connectivity index (χ3n) is 3.20. The summed E-state index contributed by atoms with van der Waals surface area (Å²) in [5, 5.41) is 7.29.